The van der Waals surface area contributed by atoms with Gasteiger partial charge in [0.1, 0.15) is 0 Å². The molecule has 0 bridgehead atoms. The molecule has 17 heavy (non-hydrogen) atoms. The molecule has 0 radical (unpaired) electrons. The molecule has 0 amide bonds. The van der Waals surface area contributed by atoms with Gasteiger partial charge in [0.2, 0.25) is 10.0 Å². The molecule has 1 aromatic carbocycles. The van der Waals surface area contributed by atoms with Gasteiger partial charge in [0.05, 0.1) is 11.5 Å². The Hall–Kier alpha value is -0.920. The molecule has 0 aliphatic rings. The first-order valence-corrected chi connectivity index (χ1v) is 7.25. The minimum absolute atomic E-state index is 0.0914. The summed E-state index contributed by atoms with van der Waals surface area (Å²) in [5.41, 5.74) is 0. The predicted octanol–water partition coefficient (Wildman–Crippen LogP) is 1.25. The van der Waals surface area contributed by atoms with Crippen molar-refractivity contribution in [2.75, 3.05) is 6.61 Å². The molecule has 94 valence electrons. The second kappa shape index (κ2) is 6.13. The monoisotopic (exact) mass is 321 g/mol. The first-order chi connectivity index (χ1) is 7.97. The summed E-state index contributed by atoms with van der Waals surface area (Å²) in [6, 6.07) is 7.78. The third-order valence-corrected chi connectivity index (χ3v) is 4.15. The Morgan fingerprint density at radius 1 is 1.41 bits per heavy atom. The van der Waals surface area contributed by atoms with Crippen LogP contribution in [0.15, 0.2) is 35.2 Å². The second-order valence-electron chi connectivity index (χ2n) is 3.05. The molecule has 5 nitrogen and oxygen atoms in total. The standard InChI is InChI=1S/C10H12BrNO4S/c1-2-16-10(13)9(11)12-17(14,15)8-6-4-3-5-7-8/h3-7,9,12H,2H2,1H3. The molecule has 1 rings (SSSR count). The van der Waals surface area contributed by atoms with E-state index in [2.05, 4.69) is 25.4 Å². The summed E-state index contributed by atoms with van der Waals surface area (Å²) < 4.78 is 30.4. The van der Waals surface area contributed by atoms with E-state index < -0.39 is 20.9 Å². The lowest BCUT2D eigenvalue weighted by molar-refractivity contribution is -0.142. The van der Waals surface area contributed by atoms with E-state index in [0.29, 0.717) is 0 Å². The van der Waals surface area contributed by atoms with Gasteiger partial charge >= 0.3 is 5.97 Å². The van der Waals surface area contributed by atoms with E-state index in [0.717, 1.165) is 0 Å². The van der Waals surface area contributed by atoms with E-state index in [1.807, 2.05) is 0 Å². The van der Waals surface area contributed by atoms with E-state index in [-0.39, 0.29) is 11.5 Å². The van der Waals surface area contributed by atoms with Gasteiger partial charge in [-0.2, -0.15) is 4.72 Å². The Kier molecular flexibility index (Phi) is 5.10. The number of sulfonamides is 1. The second-order valence-corrected chi connectivity index (χ2v) is 5.68. The minimum Gasteiger partial charge on any atom is -0.464 e. The van der Waals surface area contributed by atoms with Crippen molar-refractivity contribution in [1.29, 1.82) is 0 Å². The summed E-state index contributed by atoms with van der Waals surface area (Å²) in [6.45, 7) is 1.83. The first-order valence-electron chi connectivity index (χ1n) is 4.85. The zero-order chi connectivity index (χ0) is 12.9. The fourth-order valence-electron chi connectivity index (χ4n) is 1.07. The summed E-state index contributed by atoms with van der Waals surface area (Å²) >= 11 is 2.91. The number of esters is 1. The van der Waals surface area contributed by atoms with Gasteiger partial charge in [0.15, 0.2) is 4.95 Å². The van der Waals surface area contributed by atoms with Crippen molar-refractivity contribution in [2.45, 2.75) is 16.8 Å². The highest BCUT2D eigenvalue weighted by atomic mass is 79.9. The number of carbonyl (C=O) groups is 1. The largest absolute Gasteiger partial charge is 0.464 e. The molecule has 0 saturated heterocycles. The molecule has 1 unspecified atom stereocenters. The molecule has 1 N–H and O–H groups in total. The average Bonchev–Trinajstić information content (AvgIpc) is 2.30. The SMILES string of the molecule is CCOC(=O)C(Br)NS(=O)(=O)c1ccccc1. The Labute approximate surface area is 108 Å². The van der Waals surface area contributed by atoms with Crippen LogP contribution in [-0.2, 0) is 19.6 Å². The van der Waals surface area contributed by atoms with Gasteiger partial charge in [-0.15, -0.1) is 0 Å². The quantitative estimate of drug-likeness (QED) is 0.503. The van der Waals surface area contributed by atoms with E-state index in [1.165, 1.54) is 12.1 Å². The molecular weight excluding hydrogens is 310 g/mol. The molecule has 0 spiro atoms. The van der Waals surface area contributed by atoms with Gasteiger partial charge in [-0.25, -0.2) is 13.2 Å². The van der Waals surface area contributed by atoms with Crippen molar-refractivity contribution >= 4 is 31.9 Å². The van der Waals surface area contributed by atoms with Crippen molar-refractivity contribution in [3.05, 3.63) is 30.3 Å². The maximum Gasteiger partial charge on any atom is 0.335 e. The van der Waals surface area contributed by atoms with Gasteiger partial charge in [0, 0.05) is 0 Å². The first kappa shape index (κ1) is 14.1. The lowest BCUT2D eigenvalue weighted by Gasteiger charge is -2.11. The van der Waals surface area contributed by atoms with Gasteiger partial charge in [0.25, 0.3) is 0 Å². The lowest BCUT2D eigenvalue weighted by atomic mass is 10.4. The Morgan fingerprint density at radius 3 is 2.53 bits per heavy atom. The molecular formula is C10H12BrNO4S. The van der Waals surface area contributed by atoms with Crippen molar-refractivity contribution in [2.24, 2.45) is 0 Å². The molecule has 1 aromatic rings. The van der Waals surface area contributed by atoms with Gasteiger partial charge in [-0.3, -0.25) is 0 Å². The summed E-state index contributed by atoms with van der Waals surface area (Å²) in [5.74, 6) is -0.674. The van der Waals surface area contributed by atoms with Crippen LogP contribution in [0.5, 0.6) is 0 Å². The lowest BCUT2D eigenvalue weighted by Crippen LogP contribution is -2.37. The Balaban J connectivity index is 2.78. The summed E-state index contributed by atoms with van der Waals surface area (Å²) in [4.78, 5) is 10.3. The highest BCUT2D eigenvalue weighted by Gasteiger charge is 2.23. The fourth-order valence-corrected chi connectivity index (χ4v) is 2.96. The van der Waals surface area contributed by atoms with Crippen LogP contribution in [0.25, 0.3) is 0 Å². The van der Waals surface area contributed by atoms with Crippen LogP contribution in [0, 0.1) is 0 Å². The number of halogens is 1. The van der Waals surface area contributed by atoms with Gasteiger partial charge < -0.3 is 4.74 Å². The number of alkyl halides is 1. The van der Waals surface area contributed by atoms with Crippen molar-refractivity contribution in [3.8, 4) is 0 Å². The van der Waals surface area contributed by atoms with Crippen LogP contribution >= 0.6 is 15.9 Å². The molecule has 0 aromatic heterocycles. The summed E-state index contributed by atoms with van der Waals surface area (Å²) in [7, 11) is -3.72. The van der Waals surface area contributed by atoms with Crippen LogP contribution < -0.4 is 4.72 Å². The van der Waals surface area contributed by atoms with Crippen LogP contribution in [0.4, 0.5) is 0 Å². The Morgan fingerprint density at radius 2 is 2.00 bits per heavy atom. The highest BCUT2D eigenvalue weighted by molar-refractivity contribution is 9.10. The average molecular weight is 322 g/mol. The predicted molar refractivity (Wildman–Crippen MR) is 66.1 cm³/mol. The maximum absolute atomic E-state index is 11.8. The summed E-state index contributed by atoms with van der Waals surface area (Å²) in [6.07, 6.45) is 0. The minimum atomic E-state index is -3.72. The van der Waals surface area contributed by atoms with Gasteiger partial charge in [-0.05, 0) is 19.1 Å². The topological polar surface area (TPSA) is 72.5 Å². The fraction of sp³-hybridized carbons (Fsp3) is 0.300. The number of carbonyl (C=O) groups excluding carboxylic acids is 1. The molecule has 1 atom stereocenters. The van der Waals surface area contributed by atoms with Crippen molar-refractivity contribution < 1.29 is 17.9 Å². The highest BCUT2D eigenvalue weighted by Crippen LogP contribution is 2.10. The van der Waals surface area contributed by atoms with Gasteiger partial charge in [-0.1, -0.05) is 34.1 Å². The van der Waals surface area contributed by atoms with E-state index in [9.17, 15) is 13.2 Å². The zero-order valence-corrected chi connectivity index (χ0v) is 11.5. The van der Waals surface area contributed by atoms with Crippen LogP contribution in [-0.4, -0.2) is 25.9 Å². The number of ether oxygens (including phenoxy) is 1. The van der Waals surface area contributed by atoms with Crippen LogP contribution in [0.3, 0.4) is 0 Å². The van der Waals surface area contributed by atoms with Crippen LogP contribution in [0.2, 0.25) is 0 Å². The van der Waals surface area contributed by atoms with Crippen molar-refractivity contribution in [3.63, 3.8) is 0 Å². The smallest absolute Gasteiger partial charge is 0.335 e. The zero-order valence-electron chi connectivity index (χ0n) is 9.09. The molecule has 0 fully saturated rings. The van der Waals surface area contributed by atoms with Crippen LogP contribution in [0.1, 0.15) is 6.92 Å². The third kappa shape index (κ3) is 4.10. The molecule has 7 heteroatoms. The number of hydrogen-bond donors (Lipinski definition) is 1. The number of hydrogen-bond acceptors (Lipinski definition) is 4. The van der Waals surface area contributed by atoms with E-state index in [1.54, 1.807) is 25.1 Å². The Bertz CT molecular complexity index is 474. The molecule has 0 heterocycles. The normalized spacial score (nSPS) is 13.1. The summed E-state index contributed by atoms with van der Waals surface area (Å²) in [5, 5.41) is 0. The molecule has 0 saturated carbocycles. The molecule has 0 aliphatic heterocycles. The number of rotatable bonds is 5. The number of nitrogens with one attached hydrogen (secondary N) is 1. The van der Waals surface area contributed by atoms with E-state index >= 15 is 0 Å². The van der Waals surface area contributed by atoms with Crippen molar-refractivity contribution in [1.82, 2.24) is 4.72 Å². The molecule has 0 aliphatic carbocycles. The third-order valence-electron chi connectivity index (χ3n) is 1.81. The van der Waals surface area contributed by atoms with E-state index in [4.69, 9.17) is 0 Å². The number of benzene rings is 1. The maximum atomic E-state index is 11.8.